The quantitative estimate of drug-likeness (QED) is 0.370. The summed E-state index contributed by atoms with van der Waals surface area (Å²) in [6.07, 6.45) is -4.50. The highest BCUT2D eigenvalue weighted by atomic mass is 16.6. The molecule has 0 aromatic heterocycles. The van der Waals surface area contributed by atoms with Crippen LogP contribution in [0.5, 0.6) is 0 Å². The lowest BCUT2D eigenvalue weighted by atomic mass is 9.69. The summed E-state index contributed by atoms with van der Waals surface area (Å²) in [5.41, 5.74) is 0. The van der Waals surface area contributed by atoms with Gasteiger partial charge in [-0.3, -0.25) is 24.0 Å². The molecule has 11 nitrogen and oxygen atoms in total. The molecule has 0 aromatic rings. The molecule has 152 valence electrons. The lowest BCUT2D eigenvalue weighted by Crippen LogP contribution is -2.52. The molecule has 27 heavy (non-hydrogen) atoms. The Hall–Kier alpha value is -2.69. The van der Waals surface area contributed by atoms with Gasteiger partial charge in [-0.25, -0.2) is 0 Å². The summed E-state index contributed by atoms with van der Waals surface area (Å²) in [6, 6.07) is 0. The van der Waals surface area contributed by atoms with Gasteiger partial charge in [-0.1, -0.05) is 0 Å². The van der Waals surface area contributed by atoms with Gasteiger partial charge in [0.05, 0.1) is 31.5 Å². The van der Waals surface area contributed by atoms with Crippen LogP contribution in [0.4, 0.5) is 0 Å². The van der Waals surface area contributed by atoms with Crippen molar-refractivity contribution in [3.05, 3.63) is 0 Å². The van der Waals surface area contributed by atoms with E-state index in [1.54, 1.807) is 0 Å². The maximum atomic E-state index is 11.3. The predicted octanol–water partition coefficient (Wildman–Crippen LogP) is 0.0643. The van der Waals surface area contributed by atoms with Crippen LogP contribution in [0.15, 0.2) is 0 Å². The molecule has 1 rings (SSSR count). The predicted molar refractivity (Wildman–Crippen MR) is 84.8 cm³/mol. The van der Waals surface area contributed by atoms with Crippen LogP contribution in [0, 0.1) is 17.8 Å². The van der Waals surface area contributed by atoms with Crippen LogP contribution in [0.2, 0.25) is 0 Å². The zero-order valence-corrected chi connectivity index (χ0v) is 14.6. The number of aliphatic carboxylic acids is 4. The Morgan fingerprint density at radius 1 is 0.704 bits per heavy atom. The van der Waals surface area contributed by atoms with Gasteiger partial charge in [0, 0.05) is 19.3 Å². The van der Waals surface area contributed by atoms with Gasteiger partial charge in [-0.2, -0.15) is 0 Å². The molecule has 0 radical (unpaired) electrons. The Balaban J connectivity index is 3.29. The van der Waals surface area contributed by atoms with Crippen molar-refractivity contribution in [2.45, 2.75) is 44.8 Å². The van der Waals surface area contributed by atoms with Crippen molar-refractivity contribution >= 4 is 29.8 Å². The number of carboxylic acids is 4. The van der Waals surface area contributed by atoms with E-state index in [9.17, 15) is 34.2 Å². The van der Waals surface area contributed by atoms with E-state index >= 15 is 0 Å². The number of rotatable bonds is 10. The zero-order chi connectivity index (χ0) is 20.7. The summed E-state index contributed by atoms with van der Waals surface area (Å²) >= 11 is 0. The van der Waals surface area contributed by atoms with Crippen LogP contribution in [0.1, 0.15) is 32.6 Å². The number of hydrogen-bond acceptors (Lipinski definition) is 7. The summed E-state index contributed by atoms with van der Waals surface area (Å²) in [6.45, 7) is 0.727. The fraction of sp³-hybridized carbons (Fsp3) is 0.688. The lowest BCUT2D eigenvalue weighted by Gasteiger charge is -2.45. The summed E-state index contributed by atoms with van der Waals surface area (Å²) in [4.78, 5) is 56.0. The van der Waals surface area contributed by atoms with E-state index < -0.39 is 85.5 Å². The Labute approximate surface area is 153 Å². The van der Waals surface area contributed by atoms with Crippen LogP contribution in [0.3, 0.4) is 0 Å². The fourth-order valence-electron chi connectivity index (χ4n) is 3.50. The first kappa shape index (κ1) is 22.4. The Bertz CT molecular complexity index is 599. The van der Waals surface area contributed by atoms with Gasteiger partial charge in [0.1, 0.15) is 6.61 Å². The zero-order valence-electron chi connectivity index (χ0n) is 14.6. The number of carboxylic acid groups (broad SMARTS) is 4. The van der Waals surface area contributed by atoms with Crippen LogP contribution in [-0.2, 0) is 33.4 Å². The first-order valence-corrected chi connectivity index (χ1v) is 8.17. The molecule has 4 N–H and O–H groups in total. The molecule has 5 atom stereocenters. The molecule has 1 saturated heterocycles. The van der Waals surface area contributed by atoms with E-state index in [0.717, 1.165) is 6.92 Å². The van der Waals surface area contributed by atoms with Crippen molar-refractivity contribution in [1.29, 1.82) is 0 Å². The number of carbonyl (C=O) groups excluding carboxylic acids is 1. The van der Waals surface area contributed by atoms with Gasteiger partial charge in [0.2, 0.25) is 0 Å². The second-order valence-electron chi connectivity index (χ2n) is 6.40. The average Bonchev–Trinajstić information content (AvgIpc) is 2.49. The molecule has 1 aliphatic heterocycles. The normalized spacial score (nSPS) is 27.5. The van der Waals surface area contributed by atoms with Gasteiger partial charge in [-0.15, -0.1) is 0 Å². The molecular formula is C16H22O11. The minimum absolute atomic E-state index is 0.390. The third kappa shape index (κ3) is 7.21. The summed E-state index contributed by atoms with van der Waals surface area (Å²) < 4.78 is 10.5. The van der Waals surface area contributed by atoms with Gasteiger partial charge in [0.25, 0.3) is 0 Å². The van der Waals surface area contributed by atoms with E-state index in [4.69, 9.17) is 19.7 Å². The fourth-order valence-corrected chi connectivity index (χ4v) is 3.50. The first-order valence-electron chi connectivity index (χ1n) is 8.17. The minimum atomic E-state index is -1.29. The molecular weight excluding hydrogens is 368 g/mol. The van der Waals surface area contributed by atoms with E-state index in [1.807, 2.05) is 0 Å². The Morgan fingerprint density at radius 2 is 1.11 bits per heavy atom. The highest BCUT2D eigenvalue weighted by Crippen LogP contribution is 2.42. The van der Waals surface area contributed by atoms with E-state index in [0.29, 0.717) is 0 Å². The van der Waals surface area contributed by atoms with E-state index in [2.05, 4.69) is 0 Å². The average molecular weight is 390 g/mol. The molecule has 0 aliphatic carbocycles. The van der Waals surface area contributed by atoms with Crippen molar-refractivity contribution in [3.63, 3.8) is 0 Å². The lowest BCUT2D eigenvalue weighted by molar-refractivity contribution is -0.191. The van der Waals surface area contributed by atoms with E-state index in [-0.39, 0.29) is 6.61 Å². The van der Waals surface area contributed by atoms with Crippen LogP contribution >= 0.6 is 0 Å². The van der Waals surface area contributed by atoms with E-state index in [1.165, 1.54) is 0 Å². The second kappa shape index (κ2) is 9.86. The molecule has 1 fully saturated rings. The molecule has 1 aliphatic rings. The largest absolute Gasteiger partial charge is 0.481 e. The maximum Gasteiger partial charge on any atom is 0.305 e. The number of esters is 1. The molecule has 11 heteroatoms. The standard InChI is InChI=1S/C16H22O11/c1-7(17)26-6-12-10(4-15(22)23)8(2-13(18)19)9(3-14(20)21)11(27-12)5-16(24)25/h8-12H,2-6H2,1H3,(H,18,19)(H,20,21)(H,22,23)(H,24,25)/t8-,9+,10-,11-,12-/m0/s1. The third-order valence-electron chi connectivity index (χ3n) is 4.46. The van der Waals surface area contributed by atoms with Crippen molar-refractivity contribution in [2.75, 3.05) is 6.61 Å². The van der Waals surface area contributed by atoms with Gasteiger partial charge in [-0.05, 0) is 11.8 Å². The molecule has 0 aromatic carbocycles. The first-order chi connectivity index (χ1) is 12.5. The molecule has 0 bridgehead atoms. The van der Waals surface area contributed by atoms with Crippen LogP contribution in [0.25, 0.3) is 0 Å². The monoisotopic (exact) mass is 390 g/mol. The van der Waals surface area contributed by atoms with Crippen LogP contribution < -0.4 is 0 Å². The maximum absolute atomic E-state index is 11.3. The molecule has 0 amide bonds. The van der Waals surface area contributed by atoms with Crippen molar-refractivity contribution in [2.24, 2.45) is 17.8 Å². The molecule has 0 unspecified atom stereocenters. The highest BCUT2D eigenvalue weighted by molar-refractivity contribution is 5.71. The second-order valence-corrected chi connectivity index (χ2v) is 6.40. The molecule has 1 heterocycles. The number of carbonyl (C=O) groups is 5. The number of hydrogen-bond donors (Lipinski definition) is 4. The van der Waals surface area contributed by atoms with Crippen molar-refractivity contribution in [1.82, 2.24) is 0 Å². The van der Waals surface area contributed by atoms with Gasteiger partial charge < -0.3 is 29.9 Å². The number of ether oxygens (including phenoxy) is 2. The molecule has 0 spiro atoms. The van der Waals surface area contributed by atoms with Crippen molar-refractivity contribution in [3.8, 4) is 0 Å². The Kier molecular flexibility index (Phi) is 8.16. The van der Waals surface area contributed by atoms with Crippen molar-refractivity contribution < 1.29 is 53.9 Å². The van der Waals surface area contributed by atoms with Gasteiger partial charge >= 0.3 is 29.8 Å². The summed E-state index contributed by atoms with van der Waals surface area (Å²) in [5.74, 6) is -8.77. The molecule has 0 saturated carbocycles. The summed E-state index contributed by atoms with van der Waals surface area (Å²) in [7, 11) is 0. The minimum Gasteiger partial charge on any atom is -0.481 e. The van der Waals surface area contributed by atoms with Gasteiger partial charge in [0.15, 0.2) is 0 Å². The Morgan fingerprint density at radius 3 is 1.52 bits per heavy atom. The highest BCUT2D eigenvalue weighted by Gasteiger charge is 2.48. The third-order valence-corrected chi connectivity index (χ3v) is 4.46. The topological polar surface area (TPSA) is 185 Å². The SMILES string of the molecule is CC(=O)OC[C@@H]1O[C@@H](CC(=O)O)[C@H](CC(=O)O)[C@H](CC(=O)O)[C@@H]1CC(=O)O. The van der Waals surface area contributed by atoms with Crippen LogP contribution in [-0.4, -0.2) is 69.1 Å². The smallest absolute Gasteiger partial charge is 0.305 e. The summed E-state index contributed by atoms with van der Waals surface area (Å²) in [5, 5.41) is 36.6.